The predicted octanol–water partition coefficient (Wildman–Crippen LogP) is 2.51. The quantitative estimate of drug-likeness (QED) is 0.620. The SMILES string of the molecule is C=C/C(=C\C)C1(C)CCNCC1. The number of allylic oxidation sites excluding steroid dienone is 3. The number of nitrogens with one attached hydrogen (secondary N) is 1. The minimum Gasteiger partial charge on any atom is -0.317 e. The topological polar surface area (TPSA) is 12.0 Å². The van der Waals surface area contributed by atoms with E-state index >= 15 is 0 Å². The van der Waals surface area contributed by atoms with Crippen LogP contribution in [-0.4, -0.2) is 13.1 Å². The molecule has 0 saturated carbocycles. The summed E-state index contributed by atoms with van der Waals surface area (Å²) in [6.45, 7) is 10.6. The van der Waals surface area contributed by atoms with Gasteiger partial charge in [-0.15, -0.1) is 0 Å². The fourth-order valence-corrected chi connectivity index (χ4v) is 1.98. The Morgan fingerprint density at radius 2 is 2.00 bits per heavy atom. The van der Waals surface area contributed by atoms with Crippen LogP contribution in [0.25, 0.3) is 0 Å². The molecule has 1 fully saturated rings. The normalized spacial score (nSPS) is 23.7. The lowest BCUT2D eigenvalue weighted by molar-refractivity contribution is 0.288. The van der Waals surface area contributed by atoms with E-state index in [1.54, 1.807) is 0 Å². The van der Waals surface area contributed by atoms with Gasteiger partial charge in [0.2, 0.25) is 0 Å². The number of hydrogen-bond acceptors (Lipinski definition) is 1. The standard InChI is InChI=1S/C11H19N/c1-4-10(5-2)11(3)6-8-12-9-7-11/h4-5,12H,1,6-9H2,2-3H3/b10-5+. The molecule has 0 unspecified atom stereocenters. The minimum atomic E-state index is 0.377. The van der Waals surface area contributed by atoms with E-state index in [2.05, 4.69) is 31.8 Å². The lowest BCUT2D eigenvalue weighted by atomic mass is 9.74. The molecule has 1 heterocycles. The van der Waals surface area contributed by atoms with Crippen molar-refractivity contribution in [3.05, 3.63) is 24.3 Å². The van der Waals surface area contributed by atoms with Gasteiger partial charge in [-0.25, -0.2) is 0 Å². The Labute approximate surface area is 75.6 Å². The second-order valence-electron chi connectivity index (χ2n) is 3.76. The molecule has 12 heavy (non-hydrogen) atoms. The smallest absolute Gasteiger partial charge is 0.00405 e. The van der Waals surface area contributed by atoms with Crippen molar-refractivity contribution in [3.8, 4) is 0 Å². The summed E-state index contributed by atoms with van der Waals surface area (Å²) in [5, 5.41) is 3.38. The summed E-state index contributed by atoms with van der Waals surface area (Å²) < 4.78 is 0. The molecular weight excluding hydrogens is 146 g/mol. The van der Waals surface area contributed by atoms with Gasteiger partial charge >= 0.3 is 0 Å². The Hall–Kier alpha value is -0.560. The largest absolute Gasteiger partial charge is 0.317 e. The summed E-state index contributed by atoms with van der Waals surface area (Å²) in [5.41, 5.74) is 1.78. The zero-order valence-corrected chi connectivity index (χ0v) is 8.19. The molecule has 1 aliphatic heterocycles. The van der Waals surface area contributed by atoms with Gasteiger partial charge in [0.15, 0.2) is 0 Å². The molecule has 0 spiro atoms. The third-order valence-corrected chi connectivity index (χ3v) is 2.93. The highest BCUT2D eigenvalue weighted by Gasteiger charge is 2.28. The molecule has 0 aromatic rings. The fourth-order valence-electron chi connectivity index (χ4n) is 1.98. The summed E-state index contributed by atoms with van der Waals surface area (Å²) in [4.78, 5) is 0. The summed E-state index contributed by atoms with van der Waals surface area (Å²) in [6.07, 6.45) is 6.67. The third kappa shape index (κ3) is 1.78. The van der Waals surface area contributed by atoms with Gasteiger partial charge in [-0.2, -0.15) is 0 Å². The molecule has 1 aliphatic rings. The van der Waals surface area contributed by atoms with Crippen LogP contribution < -0.4 is 5.32 Å². The molecule has 68 valence electrons. The highest BCUT2D eigenvalue weighted by Crippen LogP contribution is 2.36. The molecular formula is C11H19N. The van der Waals surface area contributed by atoms with Crippen molar-refractivity contribution in [2.45, 2.75) is 26.7 Å². The molecule has 1 nitrogen and oxygen atoms in total. The van der Waals surface area contributed by atoms with E-state index < -0.39 is 0 Å². The van der Waals surface area contributed by atoms with Crippen LogP contribution in [0.4, 0.5) is 0 Å². The Bertz CT molecular complexity index is 185. The van der Waals surface area contributed by atoms with Gasteiger partial charge in [-0.05, 0) is 43.8 Å². The van der Waals surface area contributed by atoms with Crippen LogP contribution >= 0.6 is 0 Å². The Balaban J connectivity index is 2.74. The Morgan fingerprint density at radius 3 is 2.42 bits per heavy atom. The van der Waals surface area contributed by atoms with E-state index in [4.69, 9.17) is 0 Å². The summed E-state index contributed by atoms with van der Waals surface area (Å²) in [5.74, 6) is 0. The fraction of sp³-hybridized carbons (Fsp3) is 0.636. The number of hydrogen-bond donors (Lipinski definition) is 1. The first-order valence-electron chi connectivity index (χ1n) is 4.73. The number of piperidine rings is 1. The maximum Gasteiger partial charge on any atom is -0.00405 e. The first-order chi connectivity index (χ1) is 5.73. The highest BCUT2D eigenvalue weighted by molar-refractivity contribution is 5.24. The van der Waals surface area contributed by atoms with Crippen LogP contribution in [0.3, 0.4) is 0 Å². The second kappa shape index (κ2) is 3.90. The third-order valence-electron chi connectivity index (χ3n) is 2.93. The molecule has 0 amide bonds. The van der Waals surface area contributed by atoms with Crippen LogP contribution in [0.5, 0.6) is 0 Å². The average Bonchev–Trinajstić information content (AvgIpc) is 2.07. The average molecular weight is 165 g/mol. The first-order valence-corrected chi connectivity index (χ1v) is 4.73. The van der Waals surface area contributed by atoms with Crippen LogP contribution in [0.2, 0.25) is 0 Å². The van der Waals surface area contributed by atoms with Gasteiger partial charge in [-0.3, -0.25) is 0 Å². The van der Waals surface area contributed by atoms with Crippen LogP contribution in [0, 0.1) is 5.41 Å². The molecule has 1 saturated heterocycles. The highest BCUT2D eigenvalue weighted by atomic mass is 14.9. The maximum atomic E-state index is 3.86. The molecule has 1 N–H and O–H groups in total. The zero-order chi connectivity index (χ0) is 9.03. The molecule has 0 atom stereocenters. The lowest BCUT2D eigenvalue weighted by Crippen LogP contribution is -2.35. The molecule has 0 bridgehead atoms. The van der Waals surface area contributed by atoms with Gasteiger partial charge < -0.3 is 5.32 Å². The van der Waals surface area contributed by atoms with Gasteiger partial charge in [0.25, 0.3) is 0 Å². The molecule has 1 rings (SSSR count). The van der Waals surface area contributed by atoms with E-state index in [-0.39, 0.29) is 0 Å². The summed E-state index contributed by atoms with van der Waals surface area (Å²) in [6, 6.07) is 0. The van der Waals surface area contributed by atoms with Gasteiger partial charge in [0.1, 0.15) is 0 Å². The van der Waals surface area contributed by atoms with Gasteiger partial charge in [0.05, 0.1) is 0 Å². The summed E-state index contributed by atoms with van der Waals surface area (Å²) in [7, 11) is 0. The van der Waals surface area contributed by atoms with E-state index in [0.717, 1.165) is 13.1 Å². The molecule has 1 heteroatoms. The second-order valence-corrected chi connectivity index (χ2v) is 3.76. The molecule has 0 aromatic carbocycles. The zero-order valence-electron chi connectivity index (χ0n) is 8.19. The van der Waals surface area contributed by atoms with Crippen LogP contribution in [-0.2, 0) is 0 Å². The maximum absolute atomic E-state index is 3.86. The molecule has 0 aliphatic carbocycles. The predicted molar refractivity (Wildman–Crippen MR) is 54.2 cm³/mol. The Kier molecular flexibility index (Phi) is 3.10. The van der Waals surface area contributed by atoms with Gasteiger partial charge in [0, 0.05) is 0 Å². The molecule has 0 aromatic heterocycles. The van der Waals surface area contributed by atoms with Crippen molar-refractivity contribution in [1.29, 1.82) is 0 Å². The van der Waals surface area contributed by atoms with Crippen molar-refractivity contribution in [1.82, 2.24) is 5.32 Å². The molecule has 0 radical (unpaired) electrons. The van der Waals surface area contributed by atoms with Crippen molar-refractivity contribution in [3.63, 3.8) is 0 Å². The van der Waals surface area contributed by atoms with E-state index in [0.29, 0.717) is 5.41 Å². The van der Waals surface area contributed by atoms with Gasteiger partial charge in [-0.1, -0.05) is 25.7 Å². The van der Waals surface area contributed by atoms with Crippen LogP contribution in [0.1, 0.15) is 26.7 Å². The first kappa shape index (κ1) is 9.53. The Morgan fingerprint density at radius 1 is 1.42 bits per heavy atom. The van der Waals surface area contributed by atoms with Crippen molar-refractivity contribution in [2.24, 2.45) is 5.41 Å². The lowest BCUT2D eigenvalue weighted by Gasteiger charge is -2.35. The van der Waals surface area contributed by atoms with E-state index in [1.165, 1.54) is 18.4 Å². The van der Waals surface area contributed by atoms with E-state index in [9.17, 15) is 0 Å². The monoisotopic (exact) mass is 165 g/mol. The number of rotatable bonds is 2. The van der Waals surface area contributed by atoms with Crippen molar-refractivity contribution >= 4 is 0 Å². The summed E-state index contributed by atoms with van der Waals surface area (Å²) >= 11 is 0. The van der Waals surface area contributed by atoms with Crippen molar-refractivity contribution < 1.29 is 0 Å². The van der Waals surface area contributed by atoms with Crippen molar-refractivity contribution in [2.75, 3.05) is 13.1 Å². The van der Waals surface area contributed by atoms with E-state index in [1.807, 2.05) is 6.08 Å². The minimum absolute atomic E-state index is 0.377. The van der Waals surface area contributed by atoms with Crippen LogP contribution in [0.15, 0.2) is 24.3 Å².